The van der Waals surface area contributed by atoms with Crippen molar-refractivity contribution >= 4 is 34.6 Å². The van der Waals surface area contributed by atoms with Crippen molar-refractivity contribution in [2.24, 2.45) is 0 Å². The number of methoxy groups -OCH3 is 1. The average Bonchev–Trinajstić information content (AvgIpc) is 3.10. The normalized spacial score (nSPS) is 10.2. The van der Waals surface area contributed by atoms with Crippen LogP contribution in [-0.4, -0.2) is 23.2 Å². The minimum atomic E-state index is -0.114. The molecule has 0 bridgehead atoms. The predicted octanol–water partition coefficient (Wildman–Crippen LogP) is 3.47. The number of rotatable bonds is 6. The smallest absolute Gasteiger partial charge is 0.230 e. The molecule has 0 spiro atoms. The van der Waals surface area contributed by atoms with Crippen molar-refractivity contribution in [3.63, 3.8) is 0 Å². The van der Waals surface area contributed by atoms with Crippen molar-refractivity contribution in [2.45, 2.75) is 6.42 Å². The highest BCUT2D eigenvalue weighted by Gasteiger charge is 2.07. The fourth-order valence-electron chi connectivity index (χ4n) is 2.11. The summed E-state index contributed by atoms with van der Waals surface area (Å²) in [6.45, 7) is 0. The van der Waals surface area contributed by atoms with Gasteiger partial charge in [0.05, 0.1) is 19.2 Å². The molecule has 7 heteroatoms. The first-order valence-electron chi connectivity index (χ1n) is 7.30. The van der Waals surface area contributed by atoms with Crippen LogP contribution in [0.2, 0.25) is 0 Å². The number of anilines is 3. The maximum Gasteiger partial charge on any atom is 0.230 e. The number of thiophene rings is 1. The summed E-state index contributed by atoms with van der Waals surface area (Å²) in [6, 6.07) is 14.8. The molecule has 122 valence electrons. The lowest BCUT2D eigenvalue weighted by molar-refractivity contribution is -0.115. The SMILES string of the molecule is COc1ccccc1Nc1ccc(NC(=O)Cc2cccs2)nn1. The molecule has 0 aliphatic heterocycles. The summed E-state index contributed by atoms with van der Waals surface area (Å²) in [5.41, 5.74) is 0.795. The first kappa shape index (κ1) is 15.9. The number of nitrogens with zero attached hydrogens (tertiary/aromatic N) is 2. The molecule has 0 aliphatic rings. The standard InChI is InChI=1S/C17H16N4O2S/c1-23-14-7-3-2-6-13(14)18-15-8-9-16(21-20-15)19-17(22)11-12-5-4-10-24-12/h2-10H,11H2,1H3,(H,18,20)(H,19,21,22). The van der Waals surface area contributed by atoms with Gasteiger partial charge >= 0.3 is 0 Å². The molecule has 0 saturated carbocycles. The summed E-state index contributed by atoms with van der Waals surface area (Å²) in [4.78, 5) is 12.9. The van der Waals surface area contributed by atoms with Crippen LogP contribution in [0.25, 0.3) is 0 Å². The number of nitrogens with one attached hydrogen (secondary N) is 2. The van der Waals surface area contributed by atoms with Gasteiger partial charge in [-0.15, -0.1) is 21.5 Å². The highest BCUT2D eigenvalue weighted by Crippen LogP contribution is 2.26. The summed E-state index contributed by atoms with van der Waals surface area (Å²) in [7, 11) is 1.61. The van der Waals surface area contributed by atoms with E-state index < -0.39 is 0 Å². The highest BCUT2D eigenvalue weighted by molar-refractivity contribution is 7.10. The molecule has 2 heterocycles. The lowest BCUT2D eigenvalue weighted by Gasteiger charge is -2.10. The second-order valence-corrected chi connectivity index (χ2v) is 5.97. The number of carbonyl (C=O) groups excluding carboxylic acids is 1. The van der Waals surface area contributed by atoms with Crippen LogP contribution in [0.1, 0.15) is 4.88 Å². The van der Waals surface area contributed by atoms with Crippen LogP contribution < -0.4 is 15.4 Å². The van der Waals surface area contributed by atoms with E-state index in [4.69, 9.17) is 4.74 Å². The highest BCUT2D eigenvalue weighted by atomic mass is 32.1. The summed E-state index contributed by atoms with van der Waals surface area (Å²) < 4.78 is 5.28. The van der Waals surface area contributed by atoms with E-state index in [0.29, 0.717) is 23.8 Å². The van der Waals surface area contributed by atoms with E-state index in [1.54, 1.807) is 30.6 Å². The molecular formula is C17H16N4O2S. The van der Waals surface area contributed by atoms with Crippen molar-refractivity contribution in [3.05, 3.63) is 58.8 Å². The minimum Gasteiger partial charge on any atom is -0.495 e. The monoisotopic (exact) mass is 340 g/mol. The number of hydrogen-bond donors (Lipinski definition) is 2. The number of para-hydroxylation sites is 2. The number of aromatic nitrogens is 2. The van der Waals surface area contributed by atoms with Crippen LogP contribution in [0, 0.1) is 0 Å². The predicted molar refractivity (Wildman–Crippen MR) is 95.0 cm³/mol. The Hall–Kier alpha value is -2.93. The first-order valence-corrected chi connectivity index (χ1v) is 8.18. The molecule has 3 aromatic rings. The number of amides is 1. The molecule has 24 heavy (non-hydrogen) atoms. The second kappa shape index (κ2) is 7.56. The second-order valence-electron chi connectivity index (χ2n) is 4.93. The lowest BCUT2D eigenvalue weighted by atomic mass is 10.3. The maximum absolute atomic E-state index is 11.9. The van der Waals surface area contributed by atoms with Gasteiger partial charge in [-0.2, -0.15) is 0 Å². The van der Waals surface area contributed by atoms with Crippen molar-refractivity contribution < 1.29 is 9.53 Å². The molecule has 1 aromatic carbocycles. The molecule has 0 fully saturated rings. The quantitative estimate of drug-likeness (QED) is 0.718. The Bertz CT molecular complexity index is 804. The molecule has 1 amide bonds. The number of benzene rings is 1. The minimum absolute atomic E-state index is 0.114. The number of carbonyl (C=O) groups is 1. The molecule has 3 rings (SSSR count). The Labute approximate surface area is 143 Å². The third-order valence-corrected chi connectivity index (χ3v) is 4.09. The van der Waals surface area contributed by atoms with Gasteiger partial charge in [-0.1, -0.05) is 18.2 Å². The van der Waals surface area contributed by atoms with E-state index in [1.165, 1.54) is 0 Å². The van der Waals surface area contributed by atoms with Gasteiger partial charge in [-0.05, 0) is 35.7 Å². The van der Waals surface area contributed by atoms with E-state index in [9.17, 15) is 4.79 Å². The molecule has 2 N–H and O–H groups in total. The third-order valence-electron chi connectivity index (χ3n) is 3.22. The molecule has 0 atom stereocenters. The van der Waals surface area contributed by atoms with Gasteiger partial charge < -0.3 is 15.4 Å². The fraction of sp³-hybridized carbons (Fsp3) is 0.118. The van der Waals surface area contributed by atoms with Gasteiger partial charge in [0.25, 0.3) is 0 Å². The topological polar surface area (TPSA) is 76.1 Å². The zero-order valence-electron chi connectivity index (χ0n) is 13.0. The van der Waals surface area contributed by atoms with Crippen LogP contribution in [0.5, 0.6) is 5.75 Å². The van der Waals surface area contributed by atoms with Gasteiger partial charge in [-0.3, -0.25) is 4.79 Å². The molecule has 6 nitrogen and oxygen atoms in total. The van der Waals surface area contributed by atoms with Crippen LogP contribution in [0.4, 0.5) is 17.3 Å². The Morgan fingerprint density at radius 2 is 1.88 bits per heavy atom. The van der Waals surface area contributed by atoms with Gasteiger partial charge in [0, 0.05) is 4.88 Å². The molecule has 0 unspecified atom stereocenters. The van der Waals surface area contributed by atoms with E-state index >= 15 is 0 Å². The van der Waals surface area contributed by atoms with Crippen molar-refractivity contribution in [1.29, 1.82) is 0 Å². The maximum atomic E-state index is 11.9. The van der Waals surface area contributed by atoms with Gasteiger partial charge in [-0.25, -0.2) is 0 Å². The largest absolute Gasteiger partial charge is 0.495 e. The van der Waals surface area contributed by atoms with E-state index in [1.807, 2.05) is 41.8 Å². The fourth-order valence-corrected chi connectivity index (χ4v) is 2.81. The Morgan fingerprint density at radius 3 is 2.58 bits per heavy atom. The van der Waals surface area contributed by atoms with E-state index in [2.05, 4.69) is 20.8 Å². The van der Waals surface area contributed by atoms with Crippen LogP contribution >= 0.6 is 11.3 Å². The first-order chi connectivity index (χ1) is 11.7. The van der Waals surface area contributed by atoms with Gasteiger partial charge in [0.1, 0.15) is 5.75 Å². The Balaban J connectivity index is 1.62. The van der Waals surface area contributed by atoms with Crippen LogP contribution in [0.3, 0.4) is 0 Å². The number of hydrogen-bond acceptors (Lipinski definition) is 6. The van der Waals surface area contributed by atoms with Crippen molar-refractivity contribution in [1.82, 2.24) is 10.2 Å². The lowest BCUT2D eigenvalue weighted by Crippen LogP contribution is -2.15. The number of ether oxygens (including phenoxy) is 1. The molecule has 0 saturated heterocycles. The van der Waals surface area contributed by atoms with E-state index in [-0.39, 0.29) is 5.91 Å². The van der Waals surface area contributed by atoms with Gasteiger partial charge in [0.15, 0.2) is 11.6 Å². The summed E-state index contributed by atoms with van der Waals surface area (Å²) >= 11 is 1.55. The average molecular weight is 340 g/mol. The summed E-state index contributed by atoms with van der Waals surface area (Å²) in [6.07, 6.45) is 0.334. The summed E-state index contributed by atoms with van der Waals surface area (Å²) in [5.74, 6) is 1.59. The molecule has 0 radical (unpaired) electrons. The van der Waals surface area contributed by atoms with Crippen molar-refractivity contribution in [2.75, 3.05) is 17.7 Å². The zero-order valence-corrected chi connectivity index (χ0v) is 13.8. The van der Waals surface area contributed by atoms with Gasteiger partial charge in [0.2, 0.25) is 5.91 Å². The summed E-state index contributed by atoms with van der Waals surface area (Å²) in [5, 5.41) is 15.9. The van der Waals surface area contributed by atoms with Crippen LogP contribution in [-0.2, 0) is 11.2 Å². The zero-order chi connectivity index (χ0) is 16.8. The van der Waals surface area contributed by atoms with E-state index in [0.717, 1.165) is 10.6 Å². The molecular weight excluding hydrogens is 324 g/mol. The van der Waals surface area contributed by atoms with Crippen molar-refractivity contribution in [3.8, 4) is 5.75 Å². The third kappa shape index (κ3) is 4.08. The molecule has 2 aromatic heterocycles. The Morgan fingerprint density at radius 1 is 1.08 bits per heavy atom. The molecule has 0 aliphatic carbocycles. The van der Waals surface area contributed by atoms with Crippen LogP contribution in [0.15, 0.2) is 53.9 Å². The Kier molecular flexibility index (Phi) is 5.02.